The van der Waals surface area contributed by atoms with Crippen LogP contribution < -0.4 is 0 Å². The number of fused-ring (bicyclic) bond motifs is 4. The number of unbranched alkanes of at least 4 members (excludes halogenated alkanes) is 3. The van der Waals surface area contributed by atoms with E-state index in [1.807, 2.05) is 0 Å². The molecule has 6 aromatic rings. The molecule has 0 aromatic heterocycles. The summed E-state index contributed by atoms with van der Waals surface area (Å²) in [5.41, 5.74) is 15.2. The molecular formula is C50H58Cl2SiZr. The summed E-state index contributed by atoms with van der Waals surface area (Å²) in [5.74, 6) is 0. The van der Waals surface area contributed by atoms with Crippen molar-refractivity contribution < 1.29 is 19.4 Å². The van der Waals surface area contributed by atoms with Gasteiger partial charge in [0.2, 0.25) is 0 Å². The topological polar surface area (TPSA) is 0 Å². The van der Waals surface area contributed by atoms with Gasteiger partial charge in [-0.25, -0.2) is 0 Å². The fourth-order valence-electron chi connectivity index (χ4n) is 9.56. The van der Waals surface area contributed by atoms with E-state index in [1.165, 1.54) is 92.1 Å². The number of hydrogen-bond acceptors (Lipinski definition) is 0. The first-order valence-corrected chi connectivity index (χ1v) is 33.1. The third-order valence-corrected chi connectivity index (χ3v) is 36.9. The van der Waals surface area contributed by atoms with Crippen LogP contribution in [-0.2, 0) is 19.4 Å². The van der Waals surface area contributed by atoms with Crippen LogP contribution in [0.4, 0.5) is 0 Å². The molecule has 0 spiro atoms. The number of allylic oxidation sites excluding steroid dienone is 2. The number of halogens is 2. The molecule has 8 rings (SSSR count). The Kier molecular flexibility index (Phi) is 14.6. The zero-order valence-corrected chi connectivity index (χ0v) is 39.2. The molecule has 4 heteroatoms. The molecule has 0 aliphatic heterocycles. The summed E-state index contributed by atoms with van der Waals surface area (Å²) in [4.78, 5) is 0. The summed E-state index contributed by atoms with van der Waals surface area (Å²) in [7, 11) is 1.31. The third kappa shape index (κ3) is 7.71. The van der Waals surface area contributed by atoms with Crippen molar-refractivity contribution in [2.75, 3.05) is 0 Å². The summed E-state index contributed by atoms with van der Waals surface area (Å²) in [6.07, 6.45) is 13.1. The maximum atomic E-state index is 2.63. The summed E-state index contributed by atoms with van der Waals surface area (Å²) in [6.45, 7) is 11.8. The van der Waals surface area contributed by atoms with E-state index in [0.717, 1.165) is 12.8 Å². The molecule has 0 amide bonds. The average Bonchev–Trinajstić information content (AvgIpc) is 3.79. The van der Waals surface area contributed by atoms with Crippen LogP contribution >= 0.6 is 24.8 Å². The number of hydrogen-bond donors (Lipinski definition) is 0. The van der Waals surface area contributed by atoms with E-state index in [-0.39, 0.29) is 24.8 Å². The smallest absolute Gasteiger partial charge is 0.0536 e. The van der Waals surface area contributed by atoms with Crippen molar-refractivity contribution in [2.45, 2.75) is 84.5 Å². The van der Waals surface area contributed by atoms with Crippen LogP contribution in [0.5, 0.6) is 0 Å². The molecule has 0 fully saturated rings. The Bertz CT molecular complexity index is 2120. The quantitative estimate of drug-likeness (QED) is 0.0952. The van der Waals surface area contributed by atoms with Crippen molar-refractivity contribution in [1.82, 2.24) is 0 Å². The van der Waals surface area contributed by atoms with Crippen molar-refractivity contribution >= 4 is 65.9 Å². The molecular weight excluding hydrogens is 791 g/mol. The number of benzene rings is 6. The molecule has 2 atom stereocenters. The van der Waals surface area contributed by atoms with Gasteiger partial charge < -0.3 is 0 Å². The minimum atomic E-state index is -2.93. The number of rotatable bonds is 10. The zero-order valence-electron chi connectivity index (χ0n) is 33.1. The predicted molar refractivity (Wildman–Crippen MR) is 246 cm³/mol. The first-order valence-electron chi connectivity index (χ1n) is 20.1. The van der Waals surface area contributed by atoms with E-state index in [0.29, 0.717) is 7.25 Å². The monoisotopic (exact) mass is 846 g/mol. The molecule has 2 aliphatic rings. The van der Waals surface area contributed by atoms with Crippen molar-refractivity contribution in [2.24, 2.45) is 0 Å². The maximum Gasteiger partial charge on any atom is -0.0536 e. The van der Waals surface area contributed by atoms with Gasteiger partial charge in [0.15, 0.2) is 0 Å². The summed E-state index contributed by atoms with van der Waals surface area (Å²) in [6, 6.07) is 45.9. The van der Waals surface area contributed by atoms with Gasteiger partial charge in [-0.1, -0.05) is 39.5 Å². The second-order valence-electron chi connectivity index (χ2n) is 15.2. The summed E-state index contributed by atoms with van der Waals surface area (Å²) >= 11 is -2.93. The maximum absolute atomic E-state index is 2.93. The standard InChI is InChI=1S/2C21H17.C6H14.C2H5.2ClH.H3Si.Zr/c2*1-2-15-13-17-9-6-12-20(21(17)14-15)19-11-5-8-16-7-3-4-10-18(16)19;1-3-5-6-4-2;1-2;;;;/h2*3-14H,2H2,1H3;3-6H2,1-2H3;1H2,2H3;2*1H;1H3;. The van der Waals surface area contributed by atoms with Crippen LogP contribution in [0.3, 0.4) is 0 Å². The molecule has 0 nitrogen and oxygen atoms in total. The van der Waals surface area contributed by atoms with E-state index >= 15 is 0 Å². The van der Waals surface area contributed by atoms with Crippen molar-refractivity contribution in [3.63, 3.8) is 0 Å². The molecule has 0 N–H and O–H groups in total. The normalized spacial score (nSPS) is 16.6. The Hall–Kier alpha value is -3.00. The molecule has 0 saturated heterocycles. The Morgan fingerprint density at radius 2 is 0.833 bits per heavy atom. The largest absolute Gasteiger partial charge is 0.147 e. The Balaban J connectivity index is 0.000000650. The van der Waals surface area contributed by atoms with Crippen LogP contribution in [0.1, 0.15) is 103 Å². The predicted octanol–water partition coefficient (Wildman–Crippen LogP) is 15.0. The van der Waals surface area contributed by atoms with Crippen LogP contribution in [0.2, 0.25) is 4.13 Å². The van der Waals surface area contributed by atoms with Crippen LogP contribution in [-0.4, -0.2) is 7.37 Å². The van der Waals surface area contributed by atoms with Gasteiger partial charge in [0.25, 0.3) is 0 Å². The third-order valence-electron chi connectivity index (χ3n) is 12.3. The van der Waals surface area contributed by atoms with Crippen molar-refractivity contribution in [3.8, 4) is 22.3 Å². The molecule has 54 heavy (non-hydrogen) atoms. The Morgan fingerprint density at radius 3 is 1.22 bits per heavy atom. The van der Waals surface area contributed by atoms with Gasteiger partial charge >= 0.3 is 282 Å². The van der Waals surface area contributed by atoms with E-state index in [2.05, 4.69) is 168 Å². The van der Waals surface area contributed by atoms with Crippen LogP contribution in [0, 0.1) is 0 Å². The Morgan fingerprint density at radius 1 is 0.463 bits per heavy atom. The van der Waals surface area contributed by atoms with Gasteiger partial charge in [0.1, 0.15) is 0 Å². The van der Waals surface area contributed by atoms with E-state index in [9.17, 15) is 0 Å². The second kappa shape index (κ2) is 18.8. The van der Waals surface area contributed by atoms with Gasteiger partial charge in [0.05, 0.1) is 0 Å². The average molecular weight is 849 g/mol. The second-order valence-corrected chi connectivity index (χ2v) is 38.2. The minimum Gasteiger partial charge on any atom is -0.147 e. The van der Waals surface area contributed by atoms with E-state index in [1.54, 1.807) is 22.3 Å². The molecule has 280 valence electrons. The minimum absolute atomic E-state index is 0. The first-order chi connectivity index (χ1) is 25.5. The molecule has 2 unspecified atom stereocenters. The zero-order chi connectivity index (χ0) is 36.2. The van der Waals surface area contributed by atoms with Crippen LogP contribution in [0.15, 0.2) is 132 Å². The summed E-state index contributed by atoms with van der Waals surface area (Å²) in [5, 5.41) is 5.34. The fourth-order valence-corrected chi connectivity index (χ4v) is 30.8. The Labute approximate surface area is 344 Å². The summed E-state index contributed by atoms with van der Waals surface area (Å²) < 4.78 is 2.64. The van der Waals surface area contributed by atoms with Gasteiger partial charge in [-0.2, -0.15) is 0 Å². The molecule has 0 saturated carbocycles. The fraction of sp³-hybridized carbons (Fsp3) is 0.280. The van der Waals surface area contributed by atoms with Gasteiger partial charge in [-0.15, -0.1) is 24.8 Å². The van der Waals surface area contributed by atoms with Gasteiger partial charge in [0, 0.05) is 0 Å². The van der Waals surface area contributed by atoms with Crippen molar-refractivity contribution in [1.29, 1.82) is 0 Å². The van der Waals surface area contributed by atoms with Crippen LogP contribution in [0.25, 0.3) is 56.0 Å². The molecule has 6 aromatic carbocycles. The SMILES string of the molecule is CCC1=Cc2c(-c3cccc4ccccc34)cccc2[CH]1[Zr]([SiH3])([CH2]C)[CH]1C(CC)=Cc2c(-c3cccc4ccccc34)cccc21.CCCCCC.Cl.Cl. The van der Waals surface area contributed by atoms with Gasteiger partial charge in [-0.3, -0.25) is 0 Å². The first kappa shape index (κ1) is 42.1. The van der Waals surface area contributed by atoms with Gasteiger partial charge in [-0.05, 0) is 0 Å². The van der Waals surface area contributed by atoms with E-state index < -0.39 is 19.4 Å². The van der Waals surface area contributed by atoms with Crippen molar-refractivity contribution in [3.05, 3.63) is 155 Å². The molecule has 0 bridgehead atoms. The molecule has 2 aliphatic carbocycles. The van der Waals surface area contributed by atoms with E-state index in [4.69, 9.17) is 0 Å². The molecule has 0 heterocycles. The molecule has 0 radical (unpaired) electrons.